The first-order valence-corrected chi connectivity index (χ1v) is 6.44. The van der Waals surface area contributed by atoms with Crippen LogP contribution in [0, 0.1) is 0 Å². The molecule has 0 radical (unpaired) electrons. The molecule has 1 aliphatic carbocycles. The highest BCUT2D eigenvalue weighted by molar-refractivity contribution is 5.90. The van der Waals surface area contributed by atoms with Gasteiger partial charge in [-0.2, -0.15) is 0 Å². The summed E-state index contributed by atoms with van der Waals surface area (Å²) >= 11 is 0. The molecule has 5 heteroatoms. The number of carbonyl (C=O) groups is 1. The van der Waals surface area contributed by atoms with Crippen LogP contribution in [0.25, 0.3) is 0 Å². The standard InChI is InChI=1S/C12H20N4O/c1-3-4-5-8(2)13-12(17)11-14-10(15-16-11)9-6-7-9/h8-9H,3-7H2,1-2H3,(H,13,17)(H,14,15,16). The summed E-state index contributed by atoms with van der Waals surface area (Å²) in [5, 5.41) is 9.73. The fraction of sp³-hybridized carbons (Fsp3) is 0.750. The smallest absolute Gasteiger partial charge is 0.291 e. The van der Waals surface area contributed by atoms with Crippen molar-refractivity contribution in [2.75, 3.05) is 0 Å². The molecule has 1 aromatic rings. The summed E-state index contributed by atoms with van der Waals surface area (Å²) in [6, 6.07) is 0.185. The summed E-state index contributed by atoms with van der Waals surface area (Å²) in [5.74, 6) is 1.46. The van der Waals surface area contributed by atoms with E-state index in [4.69, 9.17) is 0 Å². The zero-order valence-corrected chi connectivity index (χ0v) is 10.5. The Bertz CT molecular complexity index is 384. The van der Waals surface area contributed by atoms with E-state index in [2.05, 4.69) is 27.4 Å². The Hall–Kier alpha value is -1.39. The Kier molecular flexibility index (Phi) is 3.76. The van der Waals surface area contributed by atoms with E-state index in [-0.39, 0.29) is 17.8 Å². The predicted molar refractivity (Wildman–Crippen MR) is 64.8 cm³/mol. The molecule has 17 heavy (non-hydrogen) atoms. The number of H-pyrrole nitrogens is 1. The van der Waals surface area contributed by atoms with E-state index in [1.807, 2.05) is 6.92 Å². The second kappa shape index (κ2) is 5.29. The fourth-order valence-corrected chi connectivity index (χ4v) is 1.79. The maximum absolute atomic E-state index is 11.8. The highest BCUT2D eigenvalue weighted by Gasteiger charge is 2.28. The predicted octanol–water partition coefficient (Wildman–Crippen LogP) is 1.99. The molecule has 5 nitrogen and oxygen atoms in total. The Morgan fingerprint density at radius 1 is 1.59 bits per heavy atom. The number of hydrogen-bond acceptors (Lipinski definition) is 3. The summed E-state index contributed by atoms with van der Waals surface area (Å²) in [6.45, 7) is 4.16. The molecule has 1 aromatic heterocycles. The van der Waals surface area contributed by atoms with Crippen LogP contribution in [0.4, 0.5) is 0 Å². The Labute approximate surface area is 101 Å². The van der Waals surface area contributed by atoms with E-state index in [1.165, 1.54) is 0 Å². The zero-order chi connectivity index (χ0) is 12.3. The van der Waals surface area contributed by atoms with Gasteiger partial charge in [0, 0.05) is 12.0 Å². The Balaban J connectivity index is 1.85. The van der Waals surface area contributed by atoms with Gasteiger partial charge in [-0.05, 0) is 26.2 Å². The third-order valence-corrected chi connectivity index (χ3v) is 3.04. The highest BCUT2D eigenvalue weighted by atomic mass is 16.2. The van der Waals surface area contributed by atoms with Crippen molar-refractivity contribution in [1.82, 2.24) is 20.5 Å². The van der Waals surface area contributed by atoms with Gasteiger partial charge >= 0.3 is 0 Å². The molecule has 1 aliphatic rings. The summed E-state index contributed by atoms with van der Waals surface area (Å²) < 4.78 is 0. The lowest BCUT2D eigenvalue weighted by Crippen LogP contribution is -2.33. The molecule has 94 valence electrons. The molecule has 2 rings (SSSR count). The van der Waals surface area contributed by atoms with E-state index in [1.54, 1.807) is 0 Å². The molecule has 1 saturated carbocycles. The van der Waals surface area contributed by atoms with Gasteiger partial charge in [0.1, 0.15) is 5.82 Å². The molecule has 1 heterocycles. The molecular formula is C12H20N4O. The van der Waals surface area contributed by atoms with Crippen molar-refractivity contribution in [2.45, 2.75) is 57.9 Å². The van der Waals surface area contributed by atoms with E-state index in [9.17, 15) is 4.79 Å². The molecule has 0 spiro atoms. The molecule has 1 unspecified atom stereocenters. The van der Waals surface area contributed by atoms with Crippen molar-refractivity contribution in [1.29, 1.82) is 0 Å². The number of amides is 1. The van der Waals surface area contributed by atoms with Crippen LogP contribution in [0.5, 0.6) is 0 Å². The lowest BCUT2D eigenvalue weighted by atomic mass is 10.1. The molecular weight excluding hydrogens is 216 g/mol. The number of hydrogen-bond donors (Lipinski definition) is 2. The van der Waals surface area contributed by atoms with Gasteiger partial charge in [-0.25, -0.2) is 4.98 Å². The molecule has 0 aromatic carbocycles. The van der Waals surface area contributed by atoms with Crippen LogP contribution >= 0.6 is 0 Å². The van der Waals surface area contributed by atoms with Gasteiger partial charge in [-0.1, -0.05) is 19.8 Å². The first-order valence-electron chi connectivity index (χ1n) is 6.44. The number of rotatable bonds is 6. The van der Waals surface area contributed by atoms with Crippen LogP contribution in [-0.2, 0) is 0 Å². The Morgan fingerprint density at radius 3 is 3.00 bits per heavy atom. The number of unbranched alkanes of at least 4 members (excludes halogenated alkanes) is 1. The van der Waals surface area contributed by atoms with Crippen LogP contribution in [0.1, 0.15) is 68.3 Å². The lowest BCUT2D eigenvalue weighted by Gasteiger charge is -2.11. The average Bonchev–Trinajstić information content (AvgIpc) is 3.04. The highest BCUT2D eigenvalue weighted by Crippen LogP contribution is 2.37. The molecule has 1 amide bonds. The summed E-state index contributed by atoms with van der Waals surface area (Å²) in [7, 11) is 0. The van der Waals surface area contributed by atoms with Crippen LogP contribution < -0.4 is 5.32 Å². The molecule has 0 saturated heterocycles. The van der Waals surface area contributed by atoms with E-state index in [0.29, 0.717) is 5.92 Å². The van der Waals surface area contributed by atoms with Crippen molar-refractivity contribution in [3.8, 4) is 0 Å². The minimum absolute atomic E-state index is 0.170. The average molecular weight is 236 g/mol. The monoisotopic (exact) mass is 236 g/mol. The van der Waals surface area contributed by atoms with Gasteiger partial charge in [-0.3, -0.25) is 9.89 Å². The molecule has 0 bridgehead atoms. The van der Waals surface area contributed by atoms with Gasteiger partial charge in [0.2, 0.25) is 5.82 Å². The van der Waals surface area contributed by atoms with Crippen molar-refractivity contribution >= 4 is 5.91 Å². The van der Waals surface area contributed by atoms with Gasteiger partial charge in [-0.15, -0.1) is 5.10 Å². The van der Waals surface area contributed by atoms with Crippen LogP contribution in [-0.4, -0.2) is 27.1 Å². The van der Waals surface area contributed by atoms with Crippen LogP contribution in [0.15, 0.2) is 0 Å². The second-order valence-corrected chi connectivity index (χ2v) is 4.84. The van der Waals surface area contributed by atoms with Crippen molar-refractivity contribution in [2.24, 2.45) is 0 Å². The topological polar surface area (TPSA) is 70.7 Å². The number of aromatic nitrogens is 3. The van der Waals surface area contributed by atoms with Gasteiger partial charge in [0.25, 0.3) is 5.91 Å². The van der Waals surface area contributed by atoms with Gasteiger partial charge in [0.05, 0.1) is 0 Å². The third-order valence-electron chi connectivity index (χ3n) is 3.04. The maximum atomic E-state index is 11.8. The second-order valence-electron chi connectivity index (χ2n) is 4.84. The fourth-order valence-electron chi connectivity index (χ4n) is 1.79. The summed E-state index contributed by atoms with van der Waals surface area (Å²) in [5.41, 5.74) is 0. The minimum Gasteiger partial charge on any atom is -0.347 e. The van der Waals surface area contributed by atoms with E-state index >= 15 is 0 Å². The van der Waals surface area contributed by atoms with Crippen LogP contribution in [0.2, 0.25) is 0 Å². The molecule has 1 atom stereocenters. The SMILES string of the molecule is CCCCC(C)NC(=O)c1n[nH]c(C2CC2)n1. The first kappa shape index (κ1) is 12.1. The number of nitrogens with one attached hydrogen (secondary N) is 2. The van der Waals surface area contributed by atoms with Crippen molar-refractivity contribution < 1.29 is 4.79 Å². The third kappa shape index (κ3) is 3.28. The minimum atomic E-state index is -0.170. The van der Waals surface area contributed by atoms with Crippen LogP contribution in [0.3, 0.4) is 0 Å². The van der Waals surface area contributed by atoms with Gasteiger partial charge < -0.3 is 5.32 Å². The number of carbonyl (C=O) groups excluding carboxylic acids is 1. The quantitative estimate of drug-likeness (QED) is 0.793. The number of nitrogens with zero attached hydrogens (tertiary/aromatic N) is 2. The summed E-state index contributed by atoms with van der Waals surface area (Å²) in [4.78, 5) is 16.0. The van der Waals surface area contributed by atoms with Gasteiger partial charge in [0.15, 0.2) is 0 Å². The lowest BCUT2D eigenvalue weighted by molar-refractivity contribution is 0.0928. The number of aromatic amines is 1. The molecule has 1 fully saturated rings. The first-order chi connectivity index (χ1) is 8.20. The largest absolute Gasteiger partial charge is 0.347 e. The summed E-state index contributed by atoms with van der Waals surface area (Å²) in [6.07, 6.45) is 5.59. The van der Waals surface area contributed by atoms with Crippen molar-refractivity contribution in [3.63, 3.8) is 0 Å². The maximum Gasteiger partial charge on any atom is 0.291 e. The Morgan fingerprint density at radius 2 is 2.35 bits per heavy atom. The zero-order valence-electron chi connectivity index (χ0n) is 10.5. The van der Waals surface area contributed by atoms with Crippen molar-refractivity contribution in [3.05, 3.63) is 11.6 Å². The normalized spacial score (nSPS) is 16.8. The molecule has 0 aliphatic heterocycles. The van der Waals surface area contributed by atoms with E-state index in [0.717, 1.165) is 37.9 Å². The van der Waals surface area contributed by atoms with E-state index < -0.39 is 0 Å². The molecule has 2 N–H and O–H groups in total.